The summed E-state index contributed by atoms with van der Waals surface area (Å²) >= 11 is 1.24. The van der Waals surface area contributed by atoms with E-state index in [9.17, 15) is 13.2 Å². The summed E-state index contributed by atoms with van der Waals surface area (Å²) in [5.74, 6) is 0.752. The lowest BCUT2D eigenvalue weighted by Crippen LogP contribution is -2.42. The fraction of sp³-hybridized carbons (Fsp3) is 0.450. The van der Waals surface area contributed by atoms with E-state index in [0.29, 0.717) is 36.7 Å². The van der Waals surface area contributed by atoms with Crippen molar-refractivity contribution in [2.45, 2.75) is 30.5 Å². The van der Waals surface area contributed by atoms with Crippen molar-refractivity contribution in [1.29, 1.82) is 0 Å². The van der Waals surface area contributed by atoms with Gasteiger partial charge in [0.1, 0.15) is 9.96 Å². The number of hydrogen-bond donors (Lipinski definition) is 1. The number of nitrogens with zero attached hydrogens (tertiary/aromatic N) is 1. The van der Waals surface area contributed by atoms with Crippen molar-refractivity contribution in [1.82, 2.24) is 9.62 Å². The maximum absolute atomic E-state index is 12.6. The molecule has 0 aliphatic carbocycles. The molecule has 1 amide bonds. The molecule has 8 heteroatoms. The Hall–Kier alpha value is -1.90. The van der Waals surface area contributed by atoms with Gasteiger partial charge < -0.3 is 10.1 Å². The zero-order valence-corrected chi connectivity index (χ0v) is 17.8. The number of methoxy groups -OCH3 is 1. The molecule has 0 saturated carbocycles. The van der Waals surface area contributed by atoms with Crippen LogP contribution in [0.5, 0.6) is 5.75 Å². The van der Waals surface area contributed by atoms with Gasteiger partial charge in [-0.3, -0.25) is 4.79 Å². The first-order chi connectivity index (χ1) is 13.4. The number of para-hydroxylation sites is 1. The summed E-state index contributed by atoms with van der Waals surface area (Å²) < 4.78 is 32.5. The average molecular weight is 423 g/mol. The first-order valence-corrected chi connectivity index (χ1v) is 11.7. The monoisotopic (exact) mass is 422 g/mol. The molecule has 6 nitrogen and oxygen atoms in total. The lowest BCUT2D eigenvalue weighted by Gasteiger charge is -2.33. The number of amides is 1. The molecule has 2 heterocycles. The van der Waals surface area contributed by atoms with E-state index in [1.54, 1.807) is 24.6 Å². The molecule has 0 spiro atoms. The number of hydrogen-bond acceptors (Lipinski definition) is 5. The highest BCUT2D eigenvalue weighted by Crippen LogP contribution is 2.30. The molecule has 1 aliphatic rings. The van der Waals surface area contributed by atoms with Crippen LogP contribution >= 0.6 is 11.3 Å². The van der Waals surface area contributed by atoms with Crippen molar-refractivity contribution in [3.63, 3.8) is 0 Å². The third-order valence-corrected chi connectivity index (χ3v) is 8.63. The molecule has 1 aromatic heterocycles. The largest absolute Gasteiger partial charge is 0.496 e. The van der Waals surface area contributed by atoms with Crippen molar-refractivity contribution in [2.24, 2.45) is 11.8 Å². The standard InChI is InChI=1S/C20H26N2O4S2/c1-15(20(23)21-14-17-6-3-4-7-18(17)26-2)16-9-11-22(12-10-16)28(24,25)19-8-5-13-27-19/h3-8,13,15-16H,9-12,14H2,1-2H3,(H,21,23)/t15-/m1/s1. The third-order valence-electron chi connectivity index (χ3n) is 5.35. The van der Waals surface area contributed by atoms with E-state index in [4.69, 9.17) is 4.74 Å². The summed E-state index contributed by atoms with van der Waals surface area (Å²) in [5, 5.41) is 4.76. The van der Waals surface area contributed by atoms with Gasteiger partial charge in [-0.2, -0.15) is 4.31 Å². The summed E-state index contributed by atoms with van der Waals surface area (Å²) in [6.07, 6.45) is 1.38. The molecule has 1 aliphatic heterocycles. The first-order valence-electron chi connectivity index (χ1n) is 9.36. The van der Waals surface area contributed by atoms with Crippen LogP contribution in [-0.4, -0.2) is 38.8 Å². The molecular formula is C20H26N2O4S2. The van der Waals surface area contributed by atoms with Crippen LogP contribution in [0.25, 0.3) is 0 Å². The van der Waals surface area contributed by atoms with Gasteiger partial charge in [0.25, 0.3) is 10.0 Å². The molecule has 0 unspecified atom stereocenters. The minimum atomic E-state index is -3.40. The molecular weight excluding hydrogens is 396 g/mol. The van der Waals surface area contributed by atoms with E-state index >= 15 is 0 Å². The number of thiophene rings is 1. The Labute approximate surface area is 170 Å². The van der Waals surface area contributed by atoms with Crippen molar-refractivity contribution >= 4 is 27.3 Å². The maximum Gasteiger partial charge on any atom is 0.252 e. The number of carbonyl (C=O) groups excluding carboxylic acids is 1. The van der Waals surface area contributed by atoms with Crippen LogP contribution in [0.2, 0.25) is 0 Å². The van der Waals surface area contributed by atoms with Crippen molar-refractivity contribution in [2.75, 3.05) is 20.2 Å². The number of benzene rings is 1. The van der Waals surface area contributed by atoms with Crippen LogP contribution in [0.1, 0.15) is 25.3 Å². The van der Waals surface area contributed by atoms with Gasteiger partial charge in [-0.1, -0.05) is 31.2 Å². The first kappa shape index (κ1) is 20.8. The number of nitrogens with one attached hydrogen (secondary N) is 1. The van der Waals surface area contributed by atoms with Gasteiger partial charge in [0.2, 0.25) is 5.91 Å². The number of rotatable bonds is 7. The Morgan fingerprint density at radius 3 is 2.61 bits per heavy atom. The van der Waals surface area contributed by atoms with Crippen LogP contribution in [0.3, 0.4) is 0 Å². The fourth-order valence-corrected chi connectivity index (χ4v) is 6.17. The molecule has 1 N–H and O–H groups in total. The highest BCUT2D eigenvalue weighted by atomic mass is 32.2. The summed E-state index contributed by atoms with van der Waals surface area (Å²) in [6.45, 7) is 3.24. The van der Waals surface area contributed by atoms with E-state index in [1.807, 2.05) is 31.2 Å². The number of carbonyl (C=O) groups is 1. The smallest absolute Gasteiger partial charge is 0.252 e. The Kier molecular flexibility index (Phi) is 6.74. The van der Waals surface area contributed by atoms with E-state index in [-0.39, 0.29) is 17.7 Å². The molecule has 3 rings (SSSR count). The van der Waals surface area contributed by atoms with Crippen molar-refractivity contribution in [3.05, 3.63) is 47.3 Å². The van der Waals surface area contributed by atoms with Crippen LogP contribution in [0.15, 0.2) is 46.0 Å². The van der Waals surface area contributed by atoms with Gasteiger partial charge >= 0.3 is 0 Å². The summed E-state index contributed by atoms with van der Waals surface area (Å²) in [5.41, 5.74) is 0.933. The highest BCUT2D eigenvalue weighted by molar-refractivity contribution is 7.91. The van der Waals surface area contributed by atoms with Gasteiger partial charge in [0.15, 0.2) is 0 Å². The van der Waals surface area contributed by atoms with Gasteiger partial charge in [-0.25, -0.2) is 8.42 Å². The second kappa shape index (κ2) is 9.07. The second-order valence-corrected chi connectivity index (χ2v) is 10.1. The number of ether oxygens (including phenoxy) is 1. The van der Waals surface area contributed by atoms with Gasteiger partial charge in [0.05, 0.1) is 7.11 Å². The Morgan fingerprint density at radius 2 is 1.96 bits per heavy atom. The quantitative estimate of drug-likeness (QED) is 0.744. The second-order valence-electron chi connectivity index (χ2n) is 6.99. The van der Waals surface area contributed by atoms with Crippen molar-refractivity contribution < 1.29 is 17.9 Å². The molecule has 1 fully saturated rings. The van der Waals surface area contributed by atoms with Crippen LogP contribution in [-0.2, 0) is 21.4 Å². The van der Waals surface area contributed by atoms with Crippen LogP contribution in [0, 0.1) is 11.8 Å². The number of piperidine rings is 1. The van der Waals surface area contributed by atoms with Crippen LogP contribution in [0.4, 0.5) is 0 Å². The summed E-state index contributed by atoms with van der Waals surface area (Å²) in [7, 11) is -1.79. The minimum absolute atomic E-state index is 0.00882. The Morgan fingerprint density at radius 1 is 1.25 bits per heavy atom. The van der Waals surface area contributed by atoms with E-state index in [2.05, 4.69) is 5.32 Å². The molecule has 1 aromatic carbocycles. The average Bonchev–Trinajstić information content (AvgIpc) is 3.27. The van der Waals surface area contributed by atoms with Gasteiger partial charge in [-0.15, -0.1) is 11.3 Å². The lowest BCUT2D eigenvalue weighted by atomic mass is 9.85. The molecule has 1 saturated heterocycles. The topological polar surface area (TPSA) is 75.7 Å². The molecule has 1 atom stereocenters. The normalized spacial score (nSPS) is 17.2. The van der Waals surface area contributed by atoms with Crippen LogP contribution < -0.4 is 10.1 Å². The zero-order valence-electron chi connectivity index (χ0n) is 16.1. The Balaban J connectivity index is 1.53. The van der Waals surface area contributed by atoms with E-state index in [0.717, 1.165) is 11.3 Å². The van der Waals surface area contributed by atoms with E-state index in [1.165, 1.54) is 15.6 Å². The number of sulfonamides is 1. The van der Waals surface area contributed by atoms with Crippen molar-refractivity contribution in [3.8, 4) is 5.75 Å². The molecule has 0 radical (unpaired) electrons. The molecule has 0 bridgehead atoms. The molecule has 2 aromatic rings. The van der Waals surface area contributed by atoms with E-state index < -0.39 is 10.0 Å². The highest BCUT2D eigenvalue weighted by Gasteiger charge is 2.33. The summed E-state index contributed by atoms with van der Waals surface area (Å²) in [6, 6.07) is 11.0. The maximum atomic E-state index is 12.6. The zero-order chi connectivity index (χ0) is 20.1. The fourth-order valence-electron chi connectivity index (χ4n) is 3.56. The Bertz CT molecular complexity index is 889. The minimum Gasteiger partial charge on any atom is -0.496 e. The predicted molar refractivity (Wildman–Crippen MR) is 110 cm³/mol. The van der Waals surface area contributed by atoms with Gasteiger partial charge in [0, 0.05) is 31.1 Å². The molecule has 152 valence electrons. The lowest BCUT2D eigenvalue weighted by molar-refractivity contribution is -0.126. The summed E-state index contributed by atoms with van der Waals surface area (Å²) in [4.78, 5) is 12.6. The SMILES string of the molecule is COc1ccccc1CNC(=O)[C@H](C)C1CCN(S(=O)(=O)c2cccs2)CC1. The van der Waals surface area contributed by atoms with Gasteiger partial charge in [-0.05, 0) is 36.3 Å². The predicted octanol–water partition coefficient (Wildman–Crippen LogP) is 3.11. The molecule has 28 heavy (non-hydrogen) atoms. The third kappa shape index (κ3) is 4.56.